The van der Waals surface area contributed by atoms with E-state index in [0.29, 0.717) is 41.7 Å². The average molecular weight is 375 g/mol. The second-order valence-corrected chi connectivity index (χ2v) is 6.24. The molecule has 0 bridgehead atoms. The van der Waals surface area contributed by atoms with Crippen LogP contribution in [0.3, 0.4) is 0 Å². The van der Waals surface area contributed by atoms with Crippen molar-refractivity contribution in [2.24, 2.45) is 0 Å². The van der Waals surface area contributed by atoms with Crippen molar-refractivity contribution in [2.75, 3.05) is 5.32 Å². The second kappa shape index (κ2) is 7.78. The molecule has 0 fully saturated rings. The summed E-state index contributed by atoms with van der Waals surface area (Å²) in [5.41, 5.74) is 1.91. The lowest BCUT2D eigenvalue weighted by atomic mass is 10.2. The van der Waals surface area contributed by atoms with Gasteiger partial charge in [-0.05, 0) is 47.2 Å². The number of benzene rings is 2. The molecule has 2 heterocycles. The first kappa shape index (κ1) is 17.5. The Morgan fingerprint density at radius 2 is 2.04 bits per heavy atom. The van der Waals surface area contributed by atoms with E-state index in [0.717, 1.165) is 5.69 Å². The zero-order valence-electron chi connectivity index (χ0n) is 14.9. The smallest absolute Gasteiger partial charge is 0.258 e. The zero-order chi connectivity index (χ0) is 19.3. The van der Waals surface area contributed by atoms with Gasteiger partial charge in [-0.2, -0.15) is 0 Å². The van der Waals surface area contributed by atoms with E-state index in [1.54, 1.807) is 30.3 Å². The SMILES string of the molecule is O=C(CCCc1nc2ccccc2c(=O)[nH]1)Nc1cccc(-n2cnnn2)c1. The number of carbonyl (C=O) groups excluding carboxylic acids is 1. The first-order valence-corrected chi connectivity index (χ1v) is 8.80. The minimum Gasteiger partial charge on any atom is -0.326 e. The van der Waals surface area contributed by atoms with E-state index in [1.165, 1.54) is 11.0 Å². The van der Waals surface area contributed by atoms with Gasteiger partial charge in [0.1, 0.15) is 12.2 Å². The van der Waals surface area contributed by atoms with Gasteiger partial charge in [0.15, 0.2) is 0 Å². The molecule has 0 atom stereocenters. The lowest BCUT2D eigenvalue weighted by molar-refractivity contribution is -0.116. The summed E-state index contributed by atoms with van der Waals surface area (Å²) >= 11 is 0. The molecule has 9 nitrogen and oxygen atoms in total. The van der Waals surface area contributed by atoms with E-state index in [-0.39, 0.29) is 11.5 Å². The van der Waals surface area contributed by atoms with Crippen LogP contribution in [0, 0.1) is 0 Å². The average Bonchev–Trinajstić information content (AvgIpc) is 3.23. The molecule has 0 saturated carbocycles. The van der Waals surface area contributed by atoms with Gasteiger partial charge in [-0.25, -0.2) is 9.67 Å². The van der Waals surface area contributed by atoms with E-state index in [1.807, 2.05) is 18.2 Å². The van der Waals surface area contributed by atoms with Crippen LogP contribution in [-0.2, 0) is 11.2 Å². The quantitative estimate of drug-likeness (QED) is 0.531. The van der Waals surface area contributed by atoms with Gasteiger partial charge in [0.05, 0.1) is 16.6 Å². The van der Waals surface area contributed by atoms with E-state index in [4.69, 9.17) is 0 Å². The number of nitrogens with one attached hydrogen (secondary N) is 2. The number of aromatic nitrogens is 6. The highest BCUT2D eigenvalue weighted by Crippen LogP contribution is 2.14. The van der Waals surface area contributed by atoms with Gasteiger partial charge in [-0.3, -0.25) is 9.59 Å². The summed E-state index contributed by atoms with van der Waals surface area (Å²) in [5, 5.41) is 14.4. The number of carbonyl (C=O) groups is 1. The zero-order valence-corrected chi connectivity index (χ0v) is 14.9. The van der Waals surface area contributed by atoms with Crippen molar-refractivity contribution in [3.8, 4) is 5.69 Å². The van der Waals surface area contributed by atoms with Crippen molar-refractivity contribution in [3.63, 3.8) is 0 Å². The Morgan fingerprint density at radius 1 is 1.14 bits per heavy atom. The molecule has 0 saturated heterocycles. The number of anilines is 1. The Hall–Kier alpha value is -3.88. The van der Waals surface area contributed by atoms with Crippen LogP contribution < -0.4 is 10.9 Å². The Morgan fingerprint density at radius 3 is 2.89 bits per heavy atom. The van der Waals surface area contributed by atoms with E-state index >= 15 is 0 Å². The topological polar surface area (TPSA) is 118 Å². The van der Waals surface area contributed by atoms with E-state index in [2.05, 4.69) is 30.8 Å². The number of aromatic amines is 1. The molecule has 2 N–H and O–H groups in total. The van der Waals surface area contributed by atoms with Crippen molar-refractivity contribution in [1.82, 2.24) is 30.2 Å². The molecule has 4 rings (SSSR count). The predicted octanol–water partition coefficient (Wildman–Crippen LogP) is 1.86. The van der Waals surface area contributed by atoms with Gasteiger partial charge < -0.3 is 10.3 Å². The summed E-state index contributed by atoms with van der Waals surface area (Å²) in [4.78, 5) is 31.5. The van der Waals surface area contributed by atoms with Crippen LogP contribution in [0.5, 0.6) is 0 Å². The van der Waals surface area contributed by atoms with Crippen LogP contribution >= 0.6 is 0 Å². The van der Waals surface area contributed by atoms with Crippen molar-refractivity contribution >= 4 is 22.5 Å². The highest BCUT2D eigenvalue weighted by Gasteiger charge is 2.07. The maximum Gasteiger partial charge on any atom is 0.258 e. The summed E-state index contributed by atoms with van der Waals surface area (Å²) in [7, 11) is 0. The van der Waals surface area contributed by atoms with Crippen molar-refractivity contribution in [2.45, 2.75) is 19.3 Å². The third-order valence-electron chi connectivity index (χ3n) is 4.22. The lowest BCUT2D eigenvalue weighted by Gasteiger charge is -2.07. The molecule has 0 unspecified atom stereocenters. The minimum absolute atomic E-state index is 0.114. The molecule has 0 aliphatic rings. The Bertz CT molecular complexity index is 1170. The molecule has 28 heavy (non-hydrogen) atoms. The number of aryl methyl sites for hydroxylation is 1. The molecule has 0 aliphatic heterocycles. The molecule has 0 spiro atoms. The molecule has 9 heteroatoms. The number of hydrogen-bond acceptors (Lipinski definition) is 6. The molecule has 0 aliphatic carbocycles. The summed E-state index contributed by atoms with van der Waals surface area (Å²) in [5.74, 6) is 0.467. The Labute approximate surface area is 159 Å². The van der Waals surface area contributed by atoms with Crippen LogP contribution in [0.4, 0.5) is 5.69 Å². The number of para-hydroxylation sites is 1. The number of nitrogens with zero attached hydrogens (tertiary/aromatic N) is 5. The fraction of sp³-hybridized carbons (Fsp3) is 0.158. The monoisotopic (exact) mass is 375 g/mol. The number of fused-ring (bicyclic) bond motifs is 1. The lowest BCUT2D eigenvalue weighted by Crippen LogP contribution is -2.14. The van der Waals surface area contributed by atoms with Crippen molar-refractivity contribution in [3.05, 3.63) is 71.0 Å². The third kappa shape index (κ3) is 3.93. The van der Waals surface area contributed by atoms with Crippen molar-refractivity contribution < 1.29 is 4.79 Å². The standard InChI is InChI=1S/C19H17N7O2/c27-18(21-13-5-3-6-14(11-13)26-12-20-24-25-26)10-4-9-17-22-16-8-2-1-7-15(16)19(28)23-17/h1-3,5-8,11-12H,4,9-10H2,(H,21,27)(H,22,23,28). The highest BCUT2D eigenvalue weighted by atomic mass is 16.1. The molecule has 0 radical (unpaired) electrons. The molecule has 4 aromatic rings. The highest BCUT2D eigenvalue weighted by molar-refractivity contribution is 5.90. The van der Waals surface area contributed by atoms with Crippen molar-refractivity contribution in [1.29, 1.82) is 0 Å². The number of hydrogen-bond donors (Lipinski definition) is 2. The third-order valence-corrected chi connectivity index (χ3v) is 4.22. The summed E-state index contributed by atoms with van der Waals surface area (Å²) < 4.78 is 1.51. The largest absolute Gasteiger partial charge is 0.326 e. The first-order valence-electron chi connectivity index (χ1n) is 8.80. The van der Waals surface area contributed by atoms with Gasteiger partial charge in [-0.15, -0.1) is 5.10 Å². The summed E-state index contributed by atoms with van der Waals surface area (Å²) in [6.07, 6.45) is 2.88. The normalized spacial score (nSPS) is 10.9. The van der Waals surface area contributed by atoms with Gasteiger partial charge >= 0.3 is 0 Å². The van der Waals surface area contributed by atoms with E-state index < -0.39 is 0 Å². The van der Waals surface area contributed by atoms with E-state index in [9.17, 15) is 9.59 Å². The molecule has 2 aromatic carbocycles. The van der Waals surface area contributed by atoms with Crippen LogP contribution in [0.1, 0.15) is 18.7 Å². The van der Waals surface area contributed by atoms with Gasteiger partial charge in [-0.1, -0.05) is 18.2 Å². The second-order valence-electron chi connectivity index (χ2n) is 6.24. The summed E-state index contributed by atoms with van der Waals surface area (Å²) in [6.45, 7) is 0. The predicted molar refractivity (Wildman–Crippen MR) is 103 cm³/mol. The Balaban J connectivity index is 1.35. The fourth-order valence-electron chi connectivity index (χ4n) is 2.90. The van der Waals surface area contributed by atoms with Gasteiger partial charge in [0, 0.05) is 18.5 Å². The van der Waals surface area contributed by atoms with Gasteiger partial charge in [0.25, 0.3) is 5.56 Å². The van der Waals surface area contributed by atoms with Crippen LogP contribution in [-0.4, -0.2) is 36.1 Å². The van der Waals surface area contributed by atoms with Crippen LogP contribution in [0.15, 0.2) is 59.7 Å². The maximum atomic E-state index is 12.2. The molecular formula is C19H17N7O2. The van der Waals surface area contributed by atoms with Crippen LogP contribution in [0.25, 0.3) is 16.6 Å². The van der Waals surface area contributed by atoms with Gasteiger partial charge in [0.2, 0.25) is 5.91 Å². The number of H-pyrrole nitrogens is 1. The fourth-order valence-corrected chi connectivity index (χ4v) is 2.90. The summed E-state index contributed by atoms with van der Waals surface area (Å²) in [6, 6.07) is 14.4. The van der Waals surface area contributed by atoms with Crippen LogP contribution in [0.2, 0.25) is 0 Å². The molecule has 140 valence electrons. The number of rotatable bonds is 6. The molecule has 1 amide bonds. The maximum absolute atomic E-state index is 12.2. The Kier molecular flexibility index (Phi) is 4.87. The molecule has 2 aromatic heterocycles. The molecular weight excluding hydrogens is 358 g/mol. The number of amides is 1. The minimum atomic E-state index is -0.163. The first-order chi connectivity index (χ1) is 13.7. The number of tetrazole rings is 1.